The van der Waals surface area contributed by atoms with Gasteiger partial charge in [-0.25, -0.2) is 4.39 Å². The molecular formula is C14H20FNO2. The molecule has 0 saturated carbocycles. The molecule has 0 spiro atoms. The Morgan fingerprint density at radius 3 is 2.83 bits per heavy atom. The second-order valence-corrected chi connectivity index (χ2v) is 4.70. The Morgan fingerprint density at radius 2 is 2.17 bits per heavy atom. The van der Waals surface area contributed by atoms with E-state index in [9.17, 15) is 4.39 Å². The summed E-state index contributed by atoms with van der Waals surface area (Å²) in [6.45, 7) is 3.30. The van der Waals surface area contributed by atoms with E-state index in [2.05, 4.69) is 11.9 Å². The summed E-state index contributed by atoms with van der Waals surface area (Å²) < 4.78 is 23.8. The molecule has 1 atom stereocenters. The van der Waals surface area contributed by atoms with Crippen LogP contribution in [0.25, 0.3) is 0 Å². The zero-order chi connectivity index (χ0) is 12.8. The molecule has 3 nitrogen and oxygen atoms in total. The molecule has 0 radical (unpaired) electrons. The number of hydrogen-bond acceptors (Lipinski definition) is 3. The molecule has 1 aliphatic heterocycles. The predicted molar refractivity (Wildman–Crippen MR) is 68.4 cm³/mol. The molecule has 1 aromatic rings. The monoisotopic (exact) mass is 253 g/mol. The first-order valence-corrected chi connectivity index (χ1v) is 6.42. The number of rotatable bonds is 6. The van der Waals surface area contributed by atoms with Crippen LogP contribution in [0.1, 0.15) is 12.8 Å². The van der Waals surface area contributed by atoms with Gasteiger partial charge in [0.2, 0.25) is 0 Å². The molecule has 1 fully saturated rings. The van der Waals surface area contributed by atoms with Crippen molar-refractivity contribution in [3.05, 3.63) is 30.1 Å². The third kappa shape index (κ3) is 4.27. The van der Waals surface area contributed by atoms with Gasteiger partial charge in [0.1, 0.15) is 18.2 Å². The molecule has 1 unspecified atom stereocenters. The quantitative estimate of drug-likeness (QED) is 0.776. The van der Waals surface area contributed by atoms with Crippen molar-refractivity contribution in [1.29, 1.82) is 0 Å². The normalized spacial score (nSPS) is 19.4. The molecule has 0 amide bonds. The van der Waals surface area contributed by atoms with E-state index < -0.39 is 0 Å². The molecule has 0 aliphatic carbocycles. The topological polar surface area (TPSA) is 21.7 Å². The van der Waals surface area contributed by atoms with Crippen LogP contribution >= 0.6 is 0 Å². The third-order valence-corrected chi connectivity index (χ3v) is 3.09. The minimum Gasteiger partial charge on any atom is -0.492 e. The molecule has 100 valence electrons. The Morgan fingerprint density at radius 1 is 1.39 bits per heavy atom. The third-order valence-electron chi connectivity index (χ3n) is 3.09. The van der Waals surface area contributed by atoms with Gasteiger partial charge in [-0.3, -0.25) is 0 Å². The maximum Gasteiger partial charge on any atom is 0.123 e. The van der Waals surface area contributed by atoms with Crippen LogP contribution in [0.3, 0.4) is 0 Å². The lowest BCUT2D eigenvalue weighted by Gasteiger charge is -2.20. The number of halogens is 1. The van der Waals surface area contributed by atoms with Crippen LogP contribution in [0.15, 0.2) is 24.3 Å². The lowest BCUT2D eigenvalue weighted by Crippen LogP contribution is -2.32. The second-order valence-electron chi connectivity index (χ2n) is 4.70. The SMILES string of the molecule is CN(CCOc1ccc(F)cc1)CC1CCCO1. The fourth-order valence-corrected chi connectivity index (χ4v) is 2.08. The Kier molecular flexibility index (Phi) is 4.96. The summed E-state index contributed by atoms with van der Waals surface area (Å²) in [6.07, 6.45) is 2.70. The van der Waals surface area contributed by atoms with Crippen molar-refractivity contribution in [1.82, 2.24) is 4.90 Å². The Labute approximate surface area is 107 Å². The van der Waals surface area contributed by atoms with E-state index in [0.29, 0.717) is 18.5 Å². The van der Waals surface area contributed by atoms with Gasteiger partial charge in [0.15, 0.2) is 0 Å². The van der Waals surface area contributed by atoms with Crippen molar-refractivity contribution >= 4 is 0 Å². The highest BCUT2D eigenvalue weighted by atomic mass is 19.1. The number of benzene rings is 1. The molecule has 4 heteroatoms. The van der Waals surface area contributed by atoms with Crippen LogP contribution in [-0.4, -0.2) is 44.4 Å². The fourth-order valence-electron chi connectivity index (χ4n) is 2.08. The van der Waals surface area contributed by atoms with Crippen LogP contribution in [-0.2, 0) is 4.74 Å². The highest BCUT2D eigenvalue weighted by Gasteiger charge is 2.16. The van der Waals surface area contributed by atoms with E-state index >= 15 is 0 Å². The van der Waals surface area contributed by atoms with Crippen molar-refractivity contribution in [2.45, 2.75) is 18.9 Å². The van der Waals surface area contributed by atoms with Crippen LogP contribution in [0.4, 0.5) is 4.39 Å². The largest absolute Gasteiger partial charge is 0.492 e. The van der Waals surface area contributed by atoms with Crippen molar-refractivity contribution in [2.75, 3.05) is 33.4 Å². The maximum absolute atomic E-state index is 12.7. The van der Waals surface area contributed by atoms with Gasteiger partial charge in [0.25, 0.3) is 0 Å². The van der Waals surface area contributed by atoms with Gasteiger partial charge in [-0.1, -0.05) is 0 Å². The van der Waals surface area contributed by atoms with Gasteiger partial charge in [-0.05, 0) is 44.2 Å². The average Bonchev–Trinajstić information content (AvgIpc) is 2.84. The average molecular weight is 253 g/mol. The van der Waals surface area contributed by atoms with Crippen LogP contribution in [0.2, 0.25) is 0 Å². The lowest BCUT2D eigenvalue weighted by atomic mass is 10.2. The Bertz CT molecular complexity index is 349. The first-order valence-electron chi connectivity index (χ1n) is 6.42. The van der Waals surface area contributed by atoms with Crippen molar-refractivity contribution in [3.63, 3.8) is 0 Å². The minimum absolute atomic E-state index is 0.238. The van der Waals surface area contributed by atoms with E-state index in [1.165, 1.54) is 18.6 Å². The number of likely N-dealkylation sites (N-methyl/N-ethyl adjacent to an activating group) is 1. The number of nitrogens with zero attached hydrogens (tertiary/aromatic N) is 1. The summed E-state index contributed by atoms with van der Waals surface area (Å²) in [7, 11) is 2.07. The Hall–Kier alpha value is -1.13. The molecule has 0 bridgehead atoms. The van der Waals surface area contributed by atoms with E-state index in [0.717, 1.165) is 26.1 Å². The van der Waals surface area contributed by atoms with Crippen LogP contribution < -0.4 is 4.74 Å². The fraction of sp³-hybridized carbons (Fsp3) is 0.571. The number of hydrogen-bond donors (Lipinski definition) is 0. The summed E-state index contributed by atoms with van der Waals surface area (Å²) in [5.41, 5.74) is 0. The minimum atomic E-state index is -0.238. The summed E-state index contributed by atoms with van der Waals surface area (Å²) in [5.74, 6) is 0.472. The molecule has 0 N–H and O–H groups in total. The van der Waals surface area contributed by atoms with Gasteiger partial charge in [0.05, 0.1) is 6.10 Å². The van der Waals surface area contributed by atoms with Crippen molar-refractivity contribution in [3.8, 4) is 5.75 Å². The van der Waals surface area contributed by atoms with Crippen molar-refractivity contribution in [2.24, 2.45) is 0 Å². The van der Waals surface area contributed by atoms with E-state index in [1.54, 1.807) is 12.1 Å². The molecule has 1 aliphatic rings. The maximum atomic E-state index is 12.7. The Balaban J connectivity index is 1.63. The smallest absolute Gasteiger partial charge is 0.123 e. The molecule has 1 aromatic carbocycles. The van der Waals surface area contributed by atoms with Gasteiger partial charge < -0.3 is 14.4 Å². The molecule has 18 heavy (non-hydrogen) atoms. The summed E-state index contributed by atoms with van der Waals surface area (Å²) in [5, 5.41) is 0. The van der Waals surface area contributed by atoms with Gasteiger partial charge >= 0.3 is 0 Å². The van der Waals surface area contributed by atoms with Crippen molar-refractivity contribution < 1.29 is 13.9 Å². The first kappa shape index (κ1) is 13.3. The molecule has 1 saturated heterocycles. The number of ether oxygens (including phenoxy) is 2. The van der Waals surface area contributed by atoms with Crippen LogP contribution in [0.5, 0.6) is 5.75 Å². The molecule has 1 heterocycles. The second kappa shape index (κ2) is 6.71. The summed E-state index contributed by atoms with van der Waals surface area (Å²) in [4.78, 5) is 2.21. The highest BCUT2D eigenvalue weighted by Crippen LogP contribution is 2.13. The first-order chi connectivity index (χ1) is 8.74. The predicted octanol–water partition coefficient (Wildman–Crippen LogP) is 2.32. The van der Waals surface area contributed by atoms with E-state index in [4.69, 9.17) is 9.47 Å². The summed E-state index contributed by atoms with van der Waals surface area (Å²) in [6, 6.07) is 6.11. The zero-order valence-electron chi connectivity index (χ0n) is 10.8. The molecule has 2 rings (SSSR count). The van der Waals surface area contributed by atoms with Gasteiger partial charge in [0, 0.05) is 19.7 Å². The summed E-state index contributed by atoms with van der Waals surface area (Å²) >= 11 is 0. The van der Waals surface area contributed by atoms with Gasteiger partial charge in [-0.15, -0.1) is 0 Å². The highest BCUT2D eigenvalue weighted by molar-refractivity contribution is 5.21. The van der Waals surface area contributed by atoms with E-state index in [1.807, 2.05) is 0 Å². The molecular weight excluding hydrogens is 233 g/mol. The van der Waals surface area contributed by atoms with Gasteiger partial charge in [-0.2, -0.15) is 0 Å². The zero-order valence-corrected chi connectivity index (χ0v) is 10.8. The van der Waals surface area contributed by atoms with E-state index in [-0.39, 0.29) is 5.82 Å². The lowest BCUT2D eigenvalue weighted by molar-refractivity contribution is 0.0771. The molecule has 0 aromatic heterocycles. The van der Waals surface area contributed by atoms with Crippen LogP contribution in [0, 0.1) is 5.82 Å². The standard InChI is InChI=1S/C14H20FNO2/c1-16(11-14-3-2-9-17-14)8-10-18-13-6-4-12(15)5-7-13/h4-7,14H,2-3,8-11H2,1H3.